The van der Waals surface area contributed by atoms with Crippen LogP contribution in [0.5, 0.6) is 5.75 Å². The van der Waals surface area contributed by atoms with Crippen molar-refractivity contribution in [2.24, 2.45) is 7.05 Å². The first-order valence-corrected chi connectivity index (χ1v) is 9.18. The van der Waals surface area contributed by atoms with Gasteiger partial charge in [-0.05, 0) is 30.8 Å². The predicted molar refractivity (Wildman–Crippen MR) is 105 cm³/mol. The van der Waals surface area contributed by atoms with Crippen LogP contribution in [-0.4, -0.2) is 34.4 Å². The van der Waals surface area contributed by atoms with Gasteiger partial charge in [0.25, 0.3) is 0 Å². The van der Waals surface area contributed by atoms with E-state index in [1.807, 2.05) is 42.1 Å². The third kappa shape index (κ3) is 3.62. The van der Waals surface area contributed by atoms with E-state index in [1.165, 1.54) is 11.1 Å². The summed E-state index contributed by atoms with van der Waals surface area (Å²) in [6.07, 6.45) is 3.25. The molecule has 2 aromatic carbocycles. The summed E-state index contributed by atoms with van der Waals surface area (Å²) in [5, 5.41) is 5.37. The average molecular weight is 368 g/mol. The Labute approximate surface area is 159 Å². The molecule has 0 fully saturated rings. The van der Waals surface area contributed by atoms with Crippen molar-refractivity contribution in [3.63, 3.8) is 0 Å². The number of ether oxygens (including phenoxy) is 1. The minimum Gasteiger partial charge on any atom is -0.488 e. The van der Waals surface area contributed by atoms with Crippen molar-refractivity contribution in [2.75, 3.05) is 13.6 Å². The lowest BCUT2D eigenvalue weighted by atomic mass is 10.1. The van der Waals surface area contributed by atoms with Gasteiger partial charge in [-0.25, -0.2) is 0 Å². The standard InChI is InChI=1S/C21H22ClN3O/c1-24(14-19-11-15-6-3-4-9-20(15)26-19)12-17-13-25(2)23-21(17)16-7-5-8-18(22)10-16/h3-10,13,19H,11-12,14H2,1-2H3/t19-/m0/s1. The minimum absolute atomic E-state index is 0.198. The number of nitrogens with zero attached hydrogens (tertiary/aromatic N) is 3. The van der Waals surface area contributed by atoms with Gasteiger partial charge in [-0.15, -0.1) is 0 Å². The lowest BCUT2D eigenvalue weighted by Gasteiger charge is -2.20. The monoisotopic (exact) mass is 367 g/mol. The van der Waals surface area contributed by atoms with E-state index < -0.39 is 0 Å². The maximum Gasteiger partial charge on any atom is 0.123 e. The lowest BCUT2D eigenvalue weighted by Crippen LogP contribution is -2.31. The van der Waals surface area contributed by atoms with Gasteiger partial charge in [0.1, 0.15) is 11.9 Å². The Bertz CT molecular complexity index is 896. The Kier molecular flexibility index (Phi) is 4.70. The van der Waals surface area contributed by atoms with E-state index in [0.717, 1.165) is 41.5 Å². The maximum absolute atomic E-state index is 6.16. The number of fused-ring (bicyclic) bond motifs is 1. The first kappa shape index (κ1) is 17.1. The summed E-state index contributed by atoms with van der Waals surface area (Å²) in [5.41, 5.74) is 4.52. The molecule has 2 heterocycles. The average Bonchev–Trinajstić information content (AvgIpc) is 3.17. The van der Waals surface area contributed by atoms with Crippen molar-refractivity contribution in [1.82, 2.24) is 14.7 Å². The molecule has 0 spiro atoms. The summed E-state index contributed by atoms with van der Waals surface area (Å²) < 4.78 is 7.93. The van der Waals surface area contributed by atoms with E-state index in [4.69, 9.17) is 16.3 Å². The van der Waals surface area contributed by atoms with Gasteiger partial charge >= 0.3 is 0 Å². The number of rotatable bonds is 5. The van der Waals surface area contributed by atoms with Crippen molar-refractivity contribution < 1.29 is 4.74 Å². The molecule has 0 saturated carbocycles. The van der Waals surface area contributed by atoms with Crippen LogP contribution in [0, 0.1) is 0 Å². The largest absolute Gasteiger partial charge is 0.488 e. The van der Waals surface area contributed by atoms with Crippen LogP contribution < -0.4 is 4.74 Å². The van der Waals surface area contributed by atoms with Gasteiger partial charge in [0.2, 0.25) is 0 Å². The lowest BCUT2D eigenvalue weighted by molar-refractivity contribution is 0.165. The molecule has 0 radical (unpaired) electrons. The zero-order valence-corrected chi connectivity index (χ0v) is 15.8. The Balaban J connectivity index is 1.46. The van der Waals surface area contributed by atoms with E-state index in [-0.39, 0.29) is 6.10 Å². The summed E-state index contributed by atoms with van der Waals surface area (Å²) >= 11 is 6.16. The summed E-state index contributed by atoms with van der Waals surface area (Å²) in [6, 6.07) is 16.2. The van der Waals surface area contributed by atoms with Crippen molar-refractivity contribution in [2.45, 2.75) is 19.1 Å². The van der Waals surface area contributed by atoms with Crippen LogP contribution in [0.1, 0.15) is 11.1 Å². The molecule has 26 heavy (non-hydrogen) atoms. The highest BCUT2D eigenvalue weighted by atomic mass is 35.5. The van der Waals surface area contributed by atoms with Gasteiger partial charge in [-0.3, -0.25) is 9.58 Å². The highest BCUT2D eigenvalue weighted by molar-refractivity contribution is 6.30. The molecular weight excluding hydrogens is 346 g/mol. The highest BCUT2D eigenvalue weighted by Gasteiger charge is 2.24. The fourth-order valence-electron chi connectivity index (χ4n) is 3.59. The van der Waals surface area contributed by atoms with Crippen molar-refractivity contribution >= 4 is 11.6 Å². The third-order valence-electron chi connectivity index (χ3n) is 4.67. The normalized spacial score (nSPS) is 15.9. The molecule has 5 heteroatoms. The van der Waals surface area contributed by atoms with Gasteiger partial charge in [0.05, 0.1) is 5.69 Å². The minimum atomic E-state index is 0.198. The summed E-state index contributed by atoms with van der Waals surface area (Å²) in [6.45, 7) is 1.68. The van der Waals surface area contributed by atoms with E-state index >= 15 is 0 Å². The first-order valence-electron chi connectivity index (χ1n) is 8.80. The second kappa shape index (κ2) is 7.14. The van der Waals surface area contributed by atoms with Gasteiger partial charge in [-0.1, -0.05) is 41.9 Å². The molecule has 3 aromatic rings. The highest BCUT2D eigenvalue weighted by Crippen LogP contribution is 2.29. The molecule has 1 aromatic heterocycles. The van der Waals surface area contributed by atoms with E-state index in [2.05, 4.69) is 41.4 Å². The molecule has 1 atom stereocenters. The second-order valence-corrected chi connectivity index (χ2v) is 7.37. The summed E-state index contributed by atoms with van der Waals surface area (Å²) in [7, 11) is 4.08. The smallest absolute Gasteiger partial charge is 0.123 e. The second-order valence-electron chi connectivity index (χ2n) is 6.94. The fourth-order valence-corrected chi connectivity index (χ4v) is 3.78. The SMILES string of the molecule is CN(Cc1cn(C)nc1-c1cccc(Cl)c1)C[C@@H]1Cc2ccccc2O1. The molecule has 1 aliphatic rings. The van der Waals surface area contributed by atoms with Crippen LogP contribution in [0.25, 0.3) is 11.3 Å². The van der Waals surface area contributed by atoms with Gasteiger partial charge < -0.3 is 4.74 Å². The van der Waals surface area contributed by atoms with Gasteiger partial charge in [0.15, 0.2) is 0 Å². The quantitative estimate of drug-likeness (QED) is 0.677. The molecule has 134 valence electrons. The number of aromatic nitrogens is 2. The Morgan fingerprint density at radius 2 is 2.08 bits per heavy atom. The molecule has 0 saturated heterocycles. The molecule has 0 bridgehead atoms. The molecular formula is C21H22ClN3O. The van der Waals surface area contributed by atoms with Crippen molar-refractivity contribution in [3.05, 3.63) is 70.9 Å². The number of hydrogen-bond acceptors (Lipinski definition) is 3. The van der Waals surface area contributed by atoms with Crippen LogP contribution in [0.2, 0.25) is 5.02 Å². The molecule has 4 nitrogen and oxygen atoms in total. The van der Waals surface area contributed by atoms with Crippen molar-refractivity contribution in [3.8, 4) is 17.0 Å². The number of aryl methyl sites for hydroxylation is 1. The van der Waals surface area contributed by atoms with Crippen molar-refractivity contribution in [1.29, 1.82) is 0 Å². The predicted octanol–water partition coefficient (Wildman–Crippen LogP) is 4.18. The molecule has 1 aliphatic heterocycles. The summed E-state index contributed by atoms with van der Waals surface area (Å²) in [5.74, 6) is 1.02. The topological polar surface area (TPSA) is 30.3 Å². The summed E-state index contributed by atoms with van der Waals surface area (Å²) in [4.78, 5) is 2.29. The zero-order valence-electron chi connectivity index (χ0n) is 15.0. The number of halogens is 1. The molecule has 4 rings (SSSR count). The molecule has 0 unspecified atom stereocenters. The number of benzene rings is 2. The van der Waals surface area contributed by atoms with E-state index in [9.17, 15) is 0 Å². The van der Waals surface area contributed by atoms with Crippen LogP contribution in [0.4, 0.5) is 0 Å². The Hall–Kier alpha value is -2.30. The third-order valence-corrected chi connectivity index (χ3v) is 4.91. The number of likely N-dealkylation sites (N-methyl/N-ethyl adjacent to an activating group) is 1. The zero-order chi connectivity index (χ0) is 18.1. The van der Waals surface area contributed by atoms with Crippen LogP contribution in [0.3, 0.4) is 0 Å². The van der Waals surface area contributed by atoms with Gasteiger partial charge in [0, 0.05) is 48.9 Å². The number of hydrogen-bond donors (Lipinski definition) is 0. The van der Waals surface area contributed by atoms with E-state index in [0.29, 0.717) is 0 Å². The maximum atomic E-state index is 6.16. The molecule has 0 aliphatic carbocycles. The van der Waals surface area contributed by atoms with Crippen LogP contribution in [-0.2, 0) is 20.0 Å². The Morgan fingerprint density at radius 1 is 1.23 bits per heavy atom. The Morgan fingerprint density at radius 3 is 2.88 bits per heavy atom. The van der Waals surface area contributed by atoms with Crippen LogP contribution in [0.15, 0.2) is 54.7 Å². The van der Waals surface area contributed by atoms with E-state index in [1.54, 1.807) is 0 Å². The van der Waals surface area contributed by atoms with Gasteiger partial charge in [-0.2, -0.15) is 5.10 Å². The molecule has 0 N–H and O–H groups in total. The first-order chi connectivity index (χ1) is 12.6. The molecule has 0 amide bonds. The number of para-hydroxylation sites is 1. The fraction of sp³-hybridized carbons (Fsp3) is 0.286. The van der Waals surface area contributed by atoms with Crippen LogP contribution >= 0.6 is 11.6 Å².